The number of rotatable bonds is 6. The van der Waals surface area contributed by atoms with E-state index in [0.29, 0.717) is 0 Å². The van der Waals surface area contributed by atoms with Crippen molar-refractivity contribution >= 4 is 11.9 Å². The molecule has 0 bridgehead atoms. The number of amides is 1. The van der Waals surface area contributed by atoms with Crippen LogP contribution in [0.5, 0.6) is 0 Å². The zero-order valence-electron chi connectivity index (χ0n) is 11.8. The number of likely N-dealkylation sites (N-methyl/N-ethyl adjacent to an activating group) is 1. The van der Waals surface area contributed by atoms with Gasteiger partial charge >= 0.3 is 5.97 Å². The molecule has 0 saturated heterocycles. The van der Waals surface area contributed by atoms with Crippen LogP contribution in [0.15, 0.2) is 18.2 Å². The number of nitrogens with zero attached hydrogens (tertiary/aromatic N) is 1. The Morgan fingerprint density at radius 3 is 2.60 bits per heavy atom. The minimum Gasteiger partial charge on any atom is -0.478 e. The van der Waals surface area contributed by atoms with Gasteiger partial charge in [-0.15, -0.1) is 0 Å². The second-order valence-corrected chi connectivity index (χ2v) is 5.01. The highest BCUT2D eigenvalue weighted by Crippen LogP contribution is 2.12. The molecular formula is C14H19FN2O3. The van der Waals surface area contributed by atoms with E-state index >= 15 is 0 Å². The summed E-state index contributed by atoms with van der Waals surface area (Å²) in [6.07, 6.45) is 0. The third-order valence-electron chi connectivity index (χ3n) is 2.60. The minimum atomic E-state index is -1.11. The van der Waals surface area contributed by atoms with E-state index in [-0.39, 0.29) is 36.2 Å². The molecular weight excluding hydrogens is 263 g/mol. The molecule has 0 atom stereocenters. The Bertz CT molecular complexity index is 503. The predicted molar refractivity (Wildman–Crippen MR) is 73.0 cm³/mol. The Hall–Kier alpha value is -1.95. The number of hydrogen-bond acceptors (Lipinski definition) is 3. The first-order chi connectivity index (χ1) is 9.29. The van der Waals surface area contributed by atoms with Gasteiger partial charge in [0.1, 0.15) is 5.82 Å². The van der Waals surface area contributed by atoms with Crippen LogP contribution >= 0.6 is 0 Å². The van der Waals surface area contributed by atoms with Crippen molar-refractivity contribution in [2.24, 2.45) is 0 Å². The van der Waals surface area contributed by atoms with Crippen molar-refractivity contribution in [2.45, 2.75) is 26.4 Å². The summed E-state index contributed by atoms with van der Waals surface area (Å²) in [6.45, 7) is 4.00. The number of carboxylic acid groups (broad SMARTS) is 1. The Labute approximate surface area is 117 Å². The Morgan fingerprint density at radius 1 is 1.40 bits per heavy atom. The van der Waals surface area contributed by atoms with Gasteiger partial charge in [0.05, 0.1) is 12.1 Å². The predicted octanol–water partition coefficient (Wildman–Crippen LogP) is 1.48. The second kappa shape index (κ2) is 7.00. The highest BCUT2D eigenvalue weighted by molar-refractivity contribution is 5.87. The first-order valence-electron chi connectivity index (χ1n) is 6.29. The maximum Gasteiger partial charge on any atom is 0.335 e. The SMILES string of the molecule is CC(C)NC(=O)CN(C)Cc1cc(C(=O)O)ccc1F. The molecule has 1 amide bonds. The average Bonchev–Trinajstić information content (AvgIpc) is 2.30. The molecule has 0 saturated carbocycles. The molecule has 0 aliphatic heterocycles. The molecule has 6 heteroatoms. The summed E-state index contributed by atoms with van der Waals surface area (Å²) >= 11 is 0. The third kappa shape index (κ3) is 4.97. The van der Waals surface area contributed by atoms with E-state index in [2.05, 4.69) is 5.32 Å². The van der Waals surface area contributed by atoms with Crippen LogP contribution in [0.4, 0.5) is 4.39 Å². The molecule has 1 aromatic carbocycles. The summed E-state index contributed by atoms with van der Waals surface area (Å²) in [7, 11) is 1.67. The van der Waals surface area contributed by atoms with Crippen LogP contribution < -0.4 is 5.32 Å². The molecule has 0 unspecified atom stereocenters. The van der Waals surface area contributed by atoms with Crippen molar-refractivity contribution in [3.8, 4) is 0 Å². The van der Waals surface area contributed by atoms with Crippen LogP contribution in [0.3, 0.4) is 0 Å². The standard InChI is InChI=1S/C14H19FN2O3/c1-9(2)16-13(18)8-17(3)7-11-6-10(14(19)20)4-5-12(11)15/h4-6,9H,7-8H2,1-3H3,(H,16,18)(H,19,20). The van der Waals surface area contributed by atoms with Gasteiger partial charge in [-0.3, -0.25) is 9.69 Å². The van der Waals surface area contributed by atoms with Gasteiger partial charge in [0, 0.05) is 18.2 Å². The average molecular weight is 282 g/mol. The van der Waals surface area contributed by atoms with Crippen LogP contribution in [0.2, 0.25) is 0 Å². The van der Waals surface area contributed by atoms with Gasteiger partial charge in [-0.2, -0.15) is 0 Å². The number of aromatic carboxylic acids is 1. The number of benzene rings is 1. The third-order valence-corrected chi connectivity index (χ3v) is 2.60. The summed E-state index contributed by atoms with van der Waals surface area (Å²) in [5, 5.41) is 11.6. The van der Waals surface area contributed by atoms with E-state index in [0.717, 1.165) is 6.07 Å². The molecule has 0 radical (unpaired) electrons. The zero-order valence-corrected chi connectivity index (χ0v) is 11.8. The van der Waals surface area contributed by atoms with Crippen LogP contribution in [0.25, 0.3) is 0 Å². The number of carboxylic acids is 1. The monoisotopic (exact) mass is 282 g/mol. The van der Waals surface area contributed by atoms with Crippen molar-refractivity contribution < 1.29 is 19.1 Å². The van der Waals surface area contributed by atoms with Gasteiger partial charge in [0.2, 0.25) is 5.91 Å². The van der Waals surface area contributed by atoms with Crippen LogP contribution in [-0.2, 0) is 11.3 Å². The lowest BCUT2D eigenvalue weighted by Crippen LogP contribution is -2.38. The minimum absolute atomic E-state index is 0.0291. The zero-order chi connectivity index (χ0) is 15.3. The molecule has 1 aromatic rings. The quantitative estimate of drug-likeness (QED) is 0.829. The number of carbonyl (C=O) groups is 2. The molecule has 0 aliphatic rings. The Balaban J connectivity index is 2.70. The lowest BCUT2D eigenvalue weighted by atomic mass is 10.1. The van der Waals surface area contributed by atoms with Gasteiger partial charge in [-0.25, -0.2) is 9.18 Å². The van der Waals surface area contributed by atoms with Crippen molar-refractivity contribution in [2.75, 3.05) is 13.6 Å². The summed E-state index contributed by atoms with van der Waals surface area (Å²) in [5.74, 6) is -1.74. The van der Waals surface area contributed by atoms with Crippen LogP contribution in [0.1, 0.15) is 29.8 Å². The van der Waals surface area contributed by atoms with Crippen molar-refractivity contribution in [3.63, 3.8) is 0 Å². The number of halogens is 1. The normalized spacial score (nSPS) is 10.9. The van der Waals surface area contributed by atoms with Gasteiger partial charge in [0.15, 0.2) is 0 Å². The molecule has 5 nitrogen and oxygen atoms in total. The van der Waals surface area contributed by atoms with Crippen molar-refractivity contribution in [3.05, 3.63) is 35.1 Å². The largest absolute Gasteiger partial charge is 0.478 e. The molecule has 0 fully saturated rings. The number of nitrogens with one attached hydrogen (secondary N) is 1. The van der Waals surface area contributed by atoms with Crippen molar-refractivity contribution in [1.82, 2.24) is 10.2 Å². The maximum absolute atomic E-state index is 13.6. The first-order valence-corrected chi connectivity index (χ1v) is 6.29. The summed E-state index contributed by atoms with van der Waals surface area (Å²) in [4.78, 5) is 24.0. The van der Waals surface area contributed by atoms with E-state index in [9.17, 15) is 14.0 Å². The van der Waals surface area contributed by atoms with E-state index in [4.69, 9.17) is 5.11 Å². The Morgan fingerprint density at radius 2 is 2.05 bits per heavy atom. The smallest absolute Gasteiger partial charge is 0.335 e. The van der Waals surface area contributed by atoms with E-state index in [1.807, 2.05) is 13.8 Å². The molecule has 110 valence electrons. The molecule has 0 aromatic heterocycles. The lowest BCUT2D eigenvalue weighted by molar-refractivity contribution is -0.122. The number of hydrogen-bond donors (Lipinski definition) is 2. The molecule has 0 aliphatic carbocycles. The summed E-state index contributed by atoms with van der Waals surface area (Å²) < 4.78 is 13.6. The van der Waals surface area contributed by atoms with Gasteiger partial charge in [0.25, 0.3) is 0 Å². The molecule has 0 spiro atoms. The van der Waals surface area contributed by atoms with Gasteiger partial charge in [-0.1, -0.05) is 0 Å². The molecule has 0 heterocycles. The highest BCUT2D eigenvalue weighted by Gasteiger charge is 2.12. The topological polar surface area (TPSA) is 69.6 Å². The van der Waals surface area contributed by atoms with E-state index < -0.39 is 11.8 Å². The fourth-order valence-corrected chi connectivity index (χ4v) is 1.79. The fourth-order valence-electron chi connectivity index (χ4n) is 1.79. The van der Waals surface area contributed by atoms with Crippen LogP contribution in [-0.4, -0.2) is 41.5 Å². The highest BCUT2D eigenvalue weighted by atomic mass is 19.1. The molecule has 1 rings (SSSR count). The lowest BCUT2D eigenvalue weighted by Gasteiger charge is -2.18. The van der Waals surface area contributed by atoms with Crippen molar-refractivity contribution in [1.29, 1.82) is 0 Å². The van der Waals surface area contributed by atoms with Gasteiger partial charge < -0.3 is 10.4 Å². The molecule has 2 N–H and O–H groups in total. The fraction of sp³-hybridized carbons (Fsp3) is 0.429. The maximum atomic E-state index is 13.6. The summed E-state index contributed by atoms with van der Waals surface area (Å²) in [6, 6.07) is 3.67. The van der Waals surface area contributed by atoms with E-state index in [1.54, 1.807) is 11.9 Å². The van der Waals surface area contributed by atoms with Crippen LogP contribution in [0, 0.1) is 5.82 Å². The summed E-state index contributed by atoms with van der Waals surface area (Å²) in [5.41, 5.74) is 0.283. The van der Waals surface area contributed by atoms with E-state index in [1.165, 1.54) is 12.1 Å². The van der Waals surface area contributed by atoms with Gasteiger partial charge in [-0.05, 0) is 39.1 Å². The Kier molecular flexibility index (Phi) is 5.64. The second-order valence-electron chi connectivity index (χ2n) is 5.01. The molecule has 20 heavy (non-hydrogen) atoms. The first kappa shape index (κ1) is 16.1. The number of carbonyl (C=O) groups excluding carboxylic acids is 1.